The van der Waals surface area contributed by atoms with E-state index in [1.165, 1.54) is 32.5 Å². The van der Waals surface area contributed by atoms with Gasteiger partial charge in [0.15, 0.2) is 0 Å². The fourth-order valence-electron chi connectivity index (χ4n) is 3.10. The van der Waals surface area contributed by atoms with Gasteiger partial charge in [-0.2, -0.15) is 0 Å². The zero-order valence-corrected chi connectivity index (χ0v) is 10.3. The van der Waals surface area contributed by atoms with E-state index in [2.05, 4.69) is 10.2 Å². The van der Waals surface area contributed by atoms with E-state index < -0.39 is 0 Å². The fraction of sp³-hybridized carbons (Fsp3) is 0.571. The van der Waals surface area contributed by atoms with Crippen LogP contribution in [0.2, 0.25) is 0 Å². The van der Waals surface area contributed by atoms with Gasteiger partial charge >= 0.3 is 0 Å². The molecule has 3 nitrogen and oxygen atoms in total. The number of anilines is 1. The molecular weight excluding hydrogens is 212 g/mol. The van der Waals surface area contributed by atoms with Crippen LogP contribution in [0.3, 0.4) is 0 Å². The smallest absolute Gasteiger partial charge is 0.118 e. The molecule has 0 amide bonds. The highest BCUT2D eigenvalue weighted by Gasteiger charge is 2.33. The van der Waals surface area contributed by atoms with E-state index >= 15 is 0 Å². The molecule has 2 aliphatic heterocycles. The summed E-state index contributed by atoms with van der Waals surface area (Å²) < 4.78 is 0. The van der Waals surface area contributed by atoms with E-state index in [-0.39, 0.29) is 0 Å². The Morgan fingerprint density at radius 2 is 2.12 bits per heavy atom. The lowest BCUT2D eigenvalue weighted by atomic mass is 9.94. The molecule has 2 bridgehead atoms. The maximum atomic E-state index is 9.52. The summed E-state index contributed by atoms with van der Waals surface area (Å²) in [4.78, 5) is 2.56. The Labute approximate surface area is 102 Å². The van der Waals surface area contributed by atoms with Gasteiger partial charge in [-0.25, -0.2) is 0 Å². The fourth-order valence-corrected chi connectivity index (χ4v) is 3.10. The summed E-state index contributed by atoms with van der Waals surface area (Å²) in [5.74, 6) is 1.18. The number of nitrogens with one attached hydrogen (secondary N) is 1. The molecule has 92 valence electrons. The molecule has 17 heavy (non-hydrogen) atoms. The first-order chi connectivity index (χ1) is 8.22. The molecule has 2 saturated heterocycles. The molecule has 0 spiro atoms. The van der Waals surface area contributed by atoms with E-state index in [4.69, 9.17) is 0 Å². The van der Waals surface area contributed by atoms with Gasteiger partial charge in [0.1, 0.15) is 5.75 Å². The summed E-state index contributed by atoms with van der Waals surface area (Å²) in [5.41, 5.74) is 2.09. The van der Waals surface area contributed by atoms with E-state index in [0.29, 0.717) is 11.8 Å². The Bertz CT molecular complexity index is 419. The van der Waals surface area contributed by atoms with Crippen LogP contribution in [0, 0.1) is 12.8 Å². The van der Waals surface area contributed by atoms with Crippen LogP contribution >= 0.6 is 0 Å². The molecule has 1 aromatic rings. The number of nitrogens with zero attached hydrogens (tertiary/aromatic N) is 1. The Morgan fingerprint density at radius 3 is 2.94 bits per heavy atom. The molecule has 2 fully saturated rings. The number of piperidine rings is 1. The summed E-state index contributed by atoms with van der Waals surface area (Å²) in [7, 11) is 0. The standard InChI is InChI=1S/C14H20N2O/c1-10-8-12(2-3-14(10)17)15-13-5-7-16-6-4-11(13)9-16/h2-3,8,11,13,15,17H,4-7,9H2,1H3. The van der Waals surface area contributed by atoms with E-state index in [1.54, 1.807) is 6.07 Å². The van der Waals surface area contributed by atoms with Crippen LogP contribution in [-0.4, -0.2) is 35.7 Å². The first-order valence-corrected chi connectivity index (χ1v) is 6.51. The van der Waals surface area contributed by atoms with Crippen LogP contribution in [0.1, 0.15) is 18.4 Å². The van der Waals surface area contributed by atoms with Crippen LogP contribution in [-0.2, 0) is 0 Å². The van der Waals surface area contributed by atoms with Gasteiger partial charge in [0.05, 0.1) is 0 Å². The molecule has 2 N–H and O–H groups in total. The number of rotatable bonds is 2. The molecule has 0 aliphatic carbocycles. The van der Waals surface area contributed by atoms with Crippen LogP contribution in [0.4, 0.5) is 5.69 Å². The lowest BCUT2D eigenvalue weighted by Crippen LogP contribution is -2.39. The predicted molar refractivity (Wildman–Crippen MR) is 69.4 cm³/mol. The number of aryl methyl sites for hydroxylation is 1. The van der Waals surface area contributed by atoms with Crippen molar-refractivity contribution in [3.05, 3.63) is 23.8 Å². The van der Waals surface area contributed by atoms with E-state index in [0.717, 1.165) is 17.2 Å². The summed E-state index contributed by atoms with van der Waals surface area (Å²) in [6.45, 7) is 5.70. The number of benzene rings is 1. The van der Waals surface area contributed by atoms with Crippen molar-refractivity contribution in [3.8, 4) is 5.75 Å². The van der Waals surface area contributed by atoms with Gasteiger partial charge in [0, 0.05) is 24.8 Å². The maximum absolute atomic E-state index is 9.52. The maximum Gasteiger partial charge on any atom is 0.118 e. The second-order valence-corrected chi connectivity index (χ2v) is 5.39. The molecule has 0 saturated carbocycles. The van der Waals surface area contributed by atoms with Crippen molar-refractivity contribution < 1.29 is 5.11 Å². The number of phenolic OH excluding ortho intramolecular Hbond substituents is 1. The minimum atomic E-state index is 0.381. The van der Waals surface area contributed by atoms with Crippen LogP contribution in [0.15, 0.2) is 18.2 Å². The zero-order valence-electron chi connectivity index (χ0n) is 10.3. The van der Waals surface area contributed by atoms with Crippen molar-refractivity contribution >= 4 is 5.69 Å². The Kier molecular flexibility index (Phi) is 2.71. The van der Waals surface area contributed by atoms with Gasteiger partial charge in [-0.05, 0) is 56.0 Å². The van der Waals surface area contributed by atoms with Crippen LogP contribution in [0.5, 0.6) is 5.75 Å². The minimum absolute atomic E-state index is 0.381. The van der Waals surface area contributed by atoms with Crippen LogP contribution < -0.4 is 5.32 Å². The number of aromatic hydroxyl groups is 1. The molecule has 1 aromatic carbocycles. The molecule has 3 atom stereocenters. The SMILES string of the molecule is Cc1cc(NC2CCN3CCC2C3)ccc1O. The Morgan fingerprint density at radius 1 is 1.29 bits per heavy atom. The zero-order chi connectivity index (χ0) is 11.8. The third-order valence-corrected chi connectivity index (χ3v) is 4.18. The highest BCUT2D eigenvalue weighted by Crippen LogP contribution is 2.30. The molecular formula is C14H20N2O. The predicted octanol–water partition coefficient (Wildman–Crippen LogP) is 2.21. The number of hydrogen-bond donors (Lipinski definition) is 2. The molecule has 0 radical (unpaired) electrons. The Balaban J connectivity index is 1.71. The highest BCUT2D eigenvalue weighted by atomic mass is 16.3. The average molecular weight is 232 g/mol. The number of hydrogen-bond acceptors (Lipinski definition) is 3. The second kappa shape index (κ2) is 4.22. The largest absolute Gasteiger partial charge is 0.508 e. The summed E-state index contributed by atoms with van der Waals surface area (Å²) in [5, 5.41) is 13.2. The third kappa shape index (κ3) is 2.12. The first-order valence-electron chi connectivity index (χ1n) is 6.51. The van der Waals surface area contributed by atoms with Gasteiger partial charge in [-0.1, -0.05) is 0 Å². The lowest BCUT2D eigenvalue weighted by molar-refractivity contribution is 0.255. The quantitative estimate of drug-likeness (QED) is 0.767. The lowest BCUT2D eigenvalue weighted by Gasteiger charge is -2.31. The van der Waals surface area contributed by atoms with Gasteiger partial charge in [0.2, 0.25) is 0 Å². The number of fused-ring (bicyclic) bond motifs is 2. The second-order valence-electron chi connectivity index (χ2n) is 5.39. The summed E-state index contributed by atoms with van der Waals surface area (Å²) in [6, 6.07) is 6.40. The molecule has 2 heterocycles. The third-order valence-electron chi connectivity index (χ3n) is 4.18. The van der Waals surface area contributed by atoms with Crippen molar-refractivity contribution in [2.45, 2.75) is 25.8 Å². The molecule has 3 heteroatoms. The van der Waals surface area contributed by atoms with Crippen molar-refractivity contribution in [3.63, 3.8) is 0 Å². The molecule has 2 aliphatic rings. The summed E-state index contributed by atoms with van der Waals surface area (Å²) >= 11 is 0. The molecule has 3 unspecified atom stereocenters. The summed E-state index contributed by atoms with van der Waals surface area (Å²) in [6.07, 6.45) is 2.57. The van der Waals surface area contributed by atoms with Gasteiger partial charge < -0.3 is 15.3 Å². The van der Waals surface area contributed by atoms with Gasteiger partial charge in [-0.15, -0.1) is 0 Å². The Hall–Kier alpha value is -1.22. The topological polar surface area (TPSA) is 35.5 Å². The monoisotopic (exact) mass is 232 g/mol. The van der Waals surface area contributed by atoms with E-state index in [9.17, 15) is 5.11 Å². The highest BCUT2D eigenvalue weighted by molar-refractivity contribution is 5.51. The van der Waals surface area contributed by atoms with Crippen molar-refractivity contribution in [2.75, 3.05) is 25.0 Å². The number of phenols is 1. The van der Waals surface area contributed by atoms with Crippen molar-refractivity contribution in [1.82, 2.24) is 4.90 Å². The molecule has 0 aromatic heterocycles. The average Bonchev–Trinajstić information content (AvgIpc) is 2.71. The van der Waals surface area contributed by atoms with Crippen molar-refractivity contribution in [1.29, 1.82) is 0 Å². The van der Waals surface area contributed by atoms with Crippen molar-refractivity contribution in [2.24, 2.45) is 5.92 Å². The van der Waals surface area contributed by atoms with E-state index in [1.807, 2.05) is 19.1 Å². The van der Waals surface area contributed by atoms with Gasteiger partial charge in [-0.3, -0.25) is 0 Å². The van der Waals surface area contributed by atoms with Gasteiger partial charge in [0.25, 0.3) is 0 Å². The molecule has 3 rings (SSSR count). The first kappa shape index (κ1) is 10.9. The van der Waals surface area contributed by atoms with Crippen LogP contribution in [0.25, 0.3) is 0 Å². The normalized spacial score (nSPS) is 31.5. The minimum Gasteiger partial charge on any atom is -0.508 e.